The van der Waals surface area contributed by atoms with Crippen molar-refractivity contribution in [2.24, 2.45) is 5.73 Å². The fourth-order valence-corrected chi connectivity index (χ4v) is 2.12. The summed E-state index contributed by atoms with van der Waals surface area (Å²) in [5.41, 5.74) is 4.70. The molecule has 8 heteroatoms. The average Bonchev–Trinajstić information content (AvgIpc) is 2.64. The van der Waals surface area contributed by atoms with Crippen molar-refractivity contribution in [1.29, 1.82) is 0 Å². The van der Waals surface area contributed by atoms with Crippen molar-refractivity contribution in [3.63, 3.8) is 0 Å². The number of hydrogen-bond donors (Lipinski definition) is 1. The lowest BCUT2D eigenvalue weighted by Crippen LogP contribution is -2.41. The largest absolute Gasteiger partial charge is 0.491 e. The van der Waals surface area contributed by atoms with Crippen molar-refractivity contribution >= 4 is 13.2 Å². The van der Waals surface area contributed by atoms with Gasteiger partial charge in [-0.15, -0.1) is 0 Å². The van der Waals surface area contributed by atoms with E-state index < -0.39 is 30.1 Å². The Kier molecular flexibility index (Phi) is 4.63. The normalized spacial score (nSPS) is 20.9. The second-order valence-electron chi connectivity index (χ2n) is 6.52. The summed E-state index contributed by atoms with van der Waals surface area (Å²) in [5, 5.41) is 0. The molecule has 1 fully saturated rings. The molecule has 0 bridgehead atoms. The summed E-state index contributed by atoms with van der Waals surface area (Å²) in [5.74, 6) is 0. The maximum absolute atomic E-state index is 12.8. The first-order valence-electron chi connectivity index (χ1n) is 7.25. The Morgan fingerprint density at radius 2 is 1.78 bits per heavy atom. The van der Waals surface area contributed by atoms with Crippen molar-refractivity contribution < 1.29 is 22.5 Å². The minimum atomic E-state index is -4.44. The van der Waals surface area contributed by atoms with Gasteiger partial charge in [-0.05, 0) is 44.8 Å². The summed E-state index contributed by atoms with van der Waals surface area (Å²) in [7, 11) is -0.695. The molecule has 2 heterocycles. The Morgan fingerprint density at radius 1 is 1.22 bits per heavy atom. The summed E-state index contributed by atoms with van der Waals surface area (Å²) < 4.78 is 50.0. The highest BCUT2D eigenvalue weighted by Gasteiger charge is 2.52. The SMILES string of the molecule is CC1(C)OB(C(=Cc2cncc(C(F)(F)F)c2)CN)OC1(C)C. The molecule has 1 aliphatic rings. The Hall–Kier alpha value is -1.38. The van der Waals surface area contributed by atoms with Crippen LogP contribution in [-0.4, -0.2) is 29.8 Å². The monoisotopic (exact) mass is 328 g/mol. The van der Waals surface area contributed by atoms with E-state index in [4.69, 9.17) is 15.0 Å². The van der Waals surface area contributed by atoms with Crippen molar-refractivity contribution in [2.75, 3.05) is 6.54 Å². The zero-order valence-corrected chi connectivity index (χ0v) is 13.6. The predicted molar refractivity (Wildman–Crippen MR) is 82.4 cm³/mol. The van der Waals surface area contributed by atoms with Crippen LogP contribution >= 0.6 is 0 Å². The molecule has 0 atom stereocenters. The highest BCUT2D eigenvalue weighted by molar-refractivity contribution is 6.55. The first-order valence-corrected chi connectivity index (χ1v) is 7.25. The van der Waals surface area contributed by atoms with Gasteiger partial charge in [0.1, 0.15) is 0 Å². The number of nitrogens with two attached hydrogens (primary N) is 1. The number of pyridine rings is 1. The average molecular weight is 328 g/mol. The van der Waals surface area contributed by atoms with E-state index in [9.17, 15) is 13.2 Å². The maximum atomic E-state index is 12.8. The summed E-state index contributed by atoms with van der Waals surface area (Å²) >= 11 is 0. The van der Waals surface area contributed by atoms with Crippen LogP contribution < -0.4 is 5.73 Å². The van der Waals surface area contributed by atoms with Gasteiger partial charge in [0.15, 0.2) is 0 Å². The van der Waals surface area contributed by atoms with Gasteiger partial charge in [-0.3, -0.25) is 4.98 Å². The van der Waals surface area contributed by atoms with E-state index in [0.29, 0.717) is 11.0 Å². The smallest absolute Gasteiger partial charge is 0.400 e. The predicted octanol–water partition coefficient (Wildman–Crippen LogP) is 3.07. The summed E-state index contributed by atoms with van der Waals surface area (Å²) in [6, 6.07) is 1.02. The van der Waals surface area contributed by atoms with E-state index in [1.165, 1.54) is 12.3 Å². The van der Waals surface area contributed by atoms with E-state index >= 15 is 0 Å². The molecule has 0 radical (unpaired) electrons. The van der Waals surface area contributed by atoms with Gasteiger partial charge in [0.05, 0.1) is 16.8 Å². The molecule has 0 amide bonds. The van der Waals surface area contributed by atoms with E-state index in [1.807, 2.05) is 27.7 Å². The minimum Gasteiger partial charge on any atom is -0.400 e. The van der Waals surface area contributed by atoms with Gasteiger partial charge in [-0.2, -0.15) is 13.2 Å². The van der Waals surface area contributed by atoms with E-state index in [1.54, 1.807) is 0 Å². The van der Waals surface area contributed by atoms with Crippen LogP contribution in [0.2, 0.25) is 0 Å². The van der Waals surface area contributed by atoms with E-state index in [2.05, 4.69) is 4.98 Å². The second-order valence-corrected chi connectivity index (χ2v) is 6.52. The van der Waals surface area contributed by atoms with Gasteiger partial charge in [0, 0.05) is 18.9 Å². The molecular weight excluding hydrogens is 308 g/mol. The molecule has 1 aromatic rings. The van der Waals surface area contributed by atoms with E-state index in [0.717, 1.165) is 12.3 Å². The Balaban J connectivity index is 2.31. The van der Waals surface area contributed by atoms with Crippen LogP contribution in [0.5, 0.6) is 0 Å². The molecule has 2 N–H and O–H groups in total. The first-order chi connectivity index (χ1) is 10.5. The van der Waals surface area contributed by atoms with Gasteiger partial charge in [0.2, 0.25) is 0 Å². The minimum absolute atomic E-state index is 0.104. The van der Waals surface area contributed by atoms with Crippen LogP contribution in [0.1, 0.15) is 38.8 Å². The number of nitrogens with zero attached hydrogens (tertiary/aromatic N) is 1. The zero-order chi connectivity index (χ0) is 17.5. The fraction of sp³-hybridized carbons (Fsp3) is 0.533. The summed E-state index contributed by atoms with van der Waals surface area (Å²) in [6.45, 7) is 7.69. The molecule has 0 unspecified atom stereocenters. The third-order valence-electron chi connectivity index (χ3n) is 4.23. The third kappa shape index (κ3) is 3.76. The van der Waals surface area contributed by atoms with Crippen molar-refractivity contribution in [2.45, 2.75) is 45.1 Å². The molecule has 2 rings (SSSR count). The van der Waals surface area contributed by atoms with Crippen molar-refractivity contribution in [3.05, 3.63) is 35.1 Å². The van der Waals surface area contributed by atoms with Crippen LogP contribution in [-0.2, 0) is 15.5 Å². The van der Waals surface area contributed by atoms with Gasteiger partial charge < -0.3 is 15.0 Å². The van der Waals surface area contributed by atoms with Crippen LogP contribution in [0.25, 0.3) is 6.08 Å². The van der Waals surface area contributed by atoms with Gasteiger partial charge in [0.25, 0.3) is 0 Å². The zero-order valence-electron chi connectivity index (χ0n) is 13.6. The quantitative estimate of drug-likeness (QED) is 0.867. The van der Waals surface area contributed by atoms with Crippen molar-refractivity contribution in [3.8, 4) is 0 Å². The van der Waals surface area contributed by atoms with Gasteiger partial charge >= 0.3 is 13.3 Å². The summed E-state index contributed by atoms with van der Waals surface area (Å²) in [6.07, 6.45) is -0.779. The first kappa shape index (κ1) is 18.0. The number of aromatic nitrogens is 1. The third-order valence-corrected chi connectivity index (χ3v) is 4.23. The number of halogens is 3. The molecule has 1 saturated heterocycles. The molecule has 0 aromatic carbocycles. The van der Waals surface area contributed by atoms with E-state index in [-0.39, 0.29) is 6.54 Å². The molecule has 23 heavy (non-hydrogen) atoms. The number of rotatable bonds is 3. The van der Waals surface area contributed by atoms with Crippen LogP contribution in [0.3, 0.4) is 0 Å². The highest BCUT2D eigenvalue weighted by atomic mass is 19.4. The van der Waals surface area contributed by atoms with Crippen LogP contribution in [0, 0.1) is 0 Å². The molecule has 0 aliphatic carbocycles. The van der Waals surface area contributed by atoms with Crippen molar-refractivity contribution in [1.82, 2.24) is 4.98 Å². The molecular formula is C15H20BF3N2O2. The number of alkyl halides is 3. The van der Waals surface area contributed by atoms with Gasteiger partial charge in [-0.1, -0.05) is 6.08 Å². The lowest BCUT2D eigenvalue weighted by atomic mass is 9.77. The lowest BCUT2D eigenvalue weighted by Gasteiger charge is -2.32. The van der Waals surface area contributed by atoms with Crippen LogP contribution in [0.15, 0.2) is 23.9 Å². The highest BCUT2D eigenvalue weighted by Crippen LogP contribution is 2.38. The Labute approximate surface area is 134 Å². The van der Waals surface area contributed by atoms with Gasteiger partial charge in [-0.25, -0.2) is 0 Å². The fourth-order valence-electron chi connectivity index (χ4n) is 2.12. The van der Waals surface area contributed by atoms with Crippen LogP contribution in [0.4, 0.5) is 13.2 Å². The lowest BCUT2D eigenvalue weighted by molar-refractivity contribution is -0.137. The maximum Gasteiger partial charge on any atom is 0.491 e. The second kappa shape index (κ2) is 5.92. The molecule has 0 saturated carbocycles. The number of hydrogen-bond acceptors (Lipinski definition) is 4. The molecule has 0 spiro atoms. The standard InChI is InChI=1S/C15H20BF3N2O2/c1-13(2)14(3,4)23-16(22-13)12(7-20)6-10-5-11(9-21-8-10)15(17,18)19/h5-6,8-9H,7,20H2,1-4H3. The Morgan fingerprint density at radius 3 is 2.26 bits per heavy atom. The molecule has 1 aromatic heterocycles. The Bertz CT molecular complexity index is 599. The molecule has 1 aliphatic heterocycles. The topological polar surface area (TPSA) is 57.4 Å². The molecule has 4 nitrogen and oxygen atoms in total. The molecule has 126 valence electrons. The summed E-state index contributed by atoms with van der Waals surface area (Å²) in [4.78, 5) is 3.64.